The van der Waals surface area contributed by atoms with Gasteiger partial charge in [-0.25, -0.2) is 13.1 Å². The van der Waals surface area contributed by atoms with Gasteiger partial charge in [-0.15, -0.1) is 0 Å². The van der Waals surface area contributed by atoms with Crippen LogP contribution >= 0.6 is 11.8 Å². The lowest BCUT2D eigenvalue weighted by atomic mass is 10.1. The Morgan fingerprint density at radius 3 is 2.55 bits per heavy atom. The van der Waals surface area contributed by atoms with Gasteiger partial charge < -0.3 is 5.11 Å². The molecule has 1 aromatic carbocycles. The molecule has 4 nitrogen and oxygen atoms in total. The Morgan fingerprint density at radius 2 is 2.00 bits per heavy atom. The van der Waals surface area contributed by atoms with E-state index >= 15 is 0 Å². The summed E-state index contributed by atoms with van der Waals surface area (Å²) in [6.07, 6.45) is 2.79. The molecule has 1 unspecified atom stereocenters. The van der Waals surface area contributed by atoms with Crippen molar-refractivity contribution >= 4 is 21.8 Å². The fraction of sp³-hybridized carbons (Fsp3) is 0.571. The molecule has 0 saturated carbocycles. The van der Waals surface area contributed by atoms with Crippen LogP contribution in [0.3, 0.4) is 0 Å². The second-order valence-corrected chi connectivity index (χ2v) is 7.67. The van der Waals surface area contributed by atoms with Gasteiger partial charge in [-0.2, -0.15) is 11.8 Å². The number of hydrogen-bond acceptors (Lipinski definition) is 4. The zero-order valence-electron chi connectivity index (χ0n) is 12.4. The van der Waals surface area contributed by atoms with Crippen molar-refractivity contribution in [1.82, 2.24) is 4.72 Å². The highest BCUT2D eigenvalue weighted by Crippen LogP contribution is 2.21. The van der Waals surface area contributed by atoms with E-state index in [4.69, 9.17) is 0 Å². The zero-order chi connectivity index (χ0) is 15.3. The van der Waals surface area contributed by atoms with Crippen LogP contribution in [0.5, 0.6) is 0 Å². The molecule has 0 aliphatic heterocycles. The molecule has 0 bridgehead atoms. The van der Waals surface area contributed by atoms with Crippen LogP contribution in [0, 0.1) is 13.8 Å². The molecule has 0 radical (unpaired) electrons. The Bertz CT molecular complexity index is 556. The third-order valence-electron chi connectivity index (χ3n) is 3.26. The highest BCUT2D eigenvalue weighted by Gasteiger charge is 2.21. The molecule has 0 fully saturated rings. The largest absolute Gasteiger partial charge is 0.392 e. The van der Waals surface area contributed by atoms with Gasteiger partial charge in [-0.1, -0.05) is 6.07 Å². The lowest BCUT2D eigenvalue weighted by Gasteiger charge is -2.17. The maximum Gasteiger partial charge on any atom is 0.241 e. The standard InChI is InChI=1S/C14H23NO3S2/c1-10-7-13(9-16)8-14(12(10)3)20(17,18)15-11(2)5-6-19-4/h7-8,11,15-16H,5-6,9H2,1-4H3. The van der Waals surface area contributed by atoms with E-state index in [1.165, 1.54) is 0 Å². The second-order valence-electron chi connectivity index (χ2n) is 5.00. The minimum Gasteiger partial charge on any atom is -0.392 e. The van der Waals surface area contributed by atoms with Crippen molar-refractivity contribution < 1.29 is 13.5 Å². The summed E-state index contributed by atoms with van der Waals surface area (Å²) >= 11 is 1.70. The minimum atomic E-state index is -3.55. The number of sulfonamides is 1. The number of benzene rings is 1. The molecule has 0 amide bonds. The van der Waals surface area contributed by atoms with Gasteiger partial charge in [-0.3, -0.25) is 0 Å². The molecule has 0 heterocycles. The topological polar surface area (TPSA) is 66.4 Å². The van der Waals surface area contributed by atoms with Crippen LogP contribution in [-0.4, -0.2) is 31.6 Å². The van der Waals surface area contributed by atoms with Crippen molar-refractivity contribution in [3.05, 3.63) is 28.8 Å². The summed E-state index contributed by atoms with van der Waals surface area (Å²) in [5.74, 6) is 0.915. The first-order valence-corrected chi connectivity index (χ1v) is 9.41. The van der Waals surface area contributed by atoms with Crippen LogP contribution in [0.25, 0.3) is 0 Å². The van der Waals surface area contributed by atoms with Crippen molar-refractivity contribution in [3.8, 4) is 0 Å². The monoisotopic (exact) mass is 317 g/mol. The average molecular weight is 317 g/mol. The molecule has 114 valence electrons. The van der Waals surface area contributed by atoms with Gasteiger partial charge in [0.25, 0.3) is 0 Å². The first-order chi connectivity index (χ1) is 9.31. The summed E-state index contributed by atoms with van der Waals surface area (Å²) in [6, 6.07) is 3.25. The predicted molar refractivity (Wildman–Crippen MR) is 84.6 cm³/mol. The summed E-state index contributed by atoms with van der Waals surface area (Å²) in [6.45, 7) is 5.35. The lowest BCUT2D eigenvalue weighted by Crippen LogP contribution is -2.33. The molecule has 0 aromatic heterocycles. The van der Waals surface area contributed by atoms with E-state index in [1.807, 2.05) is 26.2 Å². The number of rotatable bonds is 7. The number of aliphatic hydroxyl groups excluding tert-OH is 1. The smallest absolute Gasteiger partial charge is 0.241 e. The Kier molecular flexibility index (Phi) is 6.51. The normalized spacial score (nSPS) is 13.4. The first-order valence-electron chi connectivity index (χ1n) is 6.54. The Labute approximate surface area is 126 Å². The lowest BCUT2D eigenvalue weighted by molar-refractivity contribution is 0.281. The Hall–Kier alpha value is -0.560. The van der Waals surface area contributed by atoms with Crippen LogP contribution in [0.1, 0.15) is 30.0 Å². The average Bonchev–Trinajstić information content (AvgIpc) is 2.38. The molecule has 0 aliphatic rings. The molecule has 0 spiro atoms. The molecule has 6 heteroatoms. The Morgan fingerprint density at radius 1 is 1.35 bits per heavy atom. The van der Waals surface area contributed by atoms with E-state index in [2.05, 4.69) is 4.72 Å². The van der Waals surface area contributed by atoms with E-state index in [1.54, 1.807) is 24.8 Å². The summed E-state index contributed by atoms with van der Waals surface area (Å²) in [5.41, 5.74) is 2.21. The van der Waals surface area contributed by atoms with Gasteiger partial charge in [0.2, 0.25) is 10.0 Å². The van der Waals surface area contributed by atoms with Gasteiger partial charge in [0, 0.05) is 6.04 Å². The minimum absolute atomic E-state index is 0.107. The van der Waals surface area contributed by atoms with Gasteiger partial charge in [0.05, 0.1) is 11.5 Å². The van der Waals surface area contributed by atoms with E-state index in [0.29, 0.717) is 5.56 Å². The fourth-order valence-electron chi connectivity index (χ4n) is 1.95. The second kappa shape index (κ2) is 7.45. The summed E-state index contributed by atoms with van der Waals surface area (Å²) in [7, 11) is -3.55. The summed E-state index contributed by atoms with van der Waals surface area (Å²) in [4.78, 5) is 0.262. The predicted octanol–water partition coefficient (Wildman–Crippen LogP) is 2.22. The third kappa shape index (κ3) is 4.48. The number of hydrogen-bond donors (Lipinski definition) is 2. The number of thioether (sulfide) groups is 1. The van der Waals surface area contributed by atoms with Gasteiger partial charge >= 0.3 is 0 Å². The maximum absolute atomic E-state index is 12.4. The molecule has 0 saturated heterocycles. The quantitative estimate of drug-likeness (QED) is 0.809. The van der Waals surface area contributed by atoms with E-state index in [0.717, 1.165) is 23.3 Å². The number of aliphatic hydroxyl groups is 1. The maximum atomic E-state index is 12.4. The first kappa shape index (κ1) is 17.5. The van der Waals surface area contributed by atoms with Crippen LogP contribution in [0.4, 0.5) is 0 Å². The van der Waals surface area contributed by atoms with Gasteiger partial charge in [0.1, 0.15) is 0 Å². The summed E-state index contributed by atoms with van der Waals surface area (Å²) < 4.78 is 27.6. The van der Waals surface area contributed by atoms with Crippen LogP contribution in [0.15, 0.2) is 17.0 Å². The highest BCUT2D eigenvalue weighted by atomic mass is 32.2. The number of aryl methyl sites for hydroxylation is 1. The van der Waals surface area contributed by atoms with E-state index in [-0.39, 0.29) is 17.5 Å². The zero-order valence-corrected chi connectivity index (χ0v) is 14.1. The SMILES string of the molecule is CSCCC(C)NS(=O)(=O)c1cc(CO)cc(C)c1C. The highest BCUT2D eigenvalue weighted by molar-refractivity contribution is 7.98. The molecule has 20 heavy (non-hydrogen) atoms. The van der Waals surface area contributed by atoms with Crippen LogP contribution < -0.4 is 4.72 Å². The van der Waals surface area contributed by atoms with Crippen LogP contribution in [-0.2, 0) is 16.6 Å². The molecule has 2 N–H and O–H groups in total. The van der Waals surface area contributed by atoms with Gasteiger partial charge in [0.15, 0.2) is 0 Å². The Balaban J connectivity index is 3.06. The van der Waals surface area contributed by atoms with Gasteiger partial charge in [-0.05, 0) is 62.0 Å². The summed E-state index contributed by atoms with van der Waals surface area (Å²) in [5, 5.41) is 9.22. The molecular formula is C14H23NO3S2. The van der Waals surface area contributed by atoms with E-state index in [9.17, 15) is 13.5 Å². The van der Waals surface area contributed by atoms with Crippen molar-refractivity contribution in [3.63, 3.8) is 0 Å². The molecule has 0 aliphatic carbocycles. The fourth-order valence-corrected chi connectivity index (χ4v) is 4.19. The van der Waals surface area contributed by atoms with E-state index < -0.39 is 10.0 Å². The van der Waals surface area contributed by atoms with Crippen LogP contribution in [0.2, 0.25) is 0 Å². The molecule has 1 aromatic rings. The van der Waals surface area contributed by atoms with Crippen molar-refractivity contribution in [1.29, 1.82) is 0 Å². The van der Waals surface area contributed by atoms with Crippen molar-refractivity contribution in [2.75, 3.05) is 12.0 Å². The number of nitrogens with one attached hydrogen (secondary N) is 1. The molecular weight excluding hydrogens is 294 g/mol. The molecule has 1 rings (SSSR count). The molecule has 1 atom stereocenters. The third-order valence-corrected chi connectivity index (χ3v) is 5.62. The van der Waals surface area contributed by atoms with Crippen molar-refractivity contribution in [2.45, 2.75) is 44.7 Å². The van der Waals surface area contributed by atoms with Crippen molar-refractivity contribution in [2.24, 2.45) is 0 Å².